The van der Waals surface area contributed by atoms with Crippen LogP contribution in [0.1, 0.15) is 126 Å². The van der Waals surface area contributed by atoms with Gasteiger partial charge in [-0.05, 0) is 31.6 Å². The highest BCUT2D eigenvalue weighted by atomic mass is 16.4. The van der Waals surface area contributed by atoms with Crippen molar-refractivity contribution in [1.29, 1.82) is 0 Å². The van der Waals surface area contributed by atoms with Gasteiger partial charge >= 0.3 is 0 Å². The molecule has 0 radical (unpaired) electrons. The summed E-state index contributed by atoms with van der Waals surface area (Å²) in [5.74, 6) is 0.390. The molecule has 3 atom stereocenters. The number of hydrogen-bond donors (Lipinski definition) is 5. The third kappa shape index (κ3) is 7.06. The SMILES string of the molecule is CCC(CC)(C1CCCCCCCCCCCC1)C1NC(=O)c2nc(C(O)C(O)CO)cnc2N=C1N. The van der Waals surface area contributed by atoms with E-state index in [0.717, 1.165) is 25.7 Å². The molecule has 1 aliphatic heterocycles. The van der Waals surface area contributed by atoms with Crippen LogP contribution in [-0.4, -0.2) is 55.8 Å². The van der Waals surface area contributed by atoms with Gasteiger partial charge in [0.2, 0.25) is 0 Å². The van der Waals surface area contributed by atoms with Crippen LogP contribution >= 0.6 is 0 Å². The standard InChI is InChI=1S/C28H47N5O4/c1-3-28(4-2,19-15-13-11-9-7-5-6-8-10-12-14-16-19)24-25(29)33-26-22(27(37)32-24)31-20(17-30-26)23(36)21(35)18-34/h17,19,21,23-24,34-36H,3-16,18H2,1-2H3,(H,32,37)(H2,29,30,33). The monoisotopic (exact) mass is 517 g/mol. The lowest BCUT2D eigenvalue weighted by molar-refractivity contribution is -0.0175. The van der Waals surface area contributed by atoms with Crippen LogP contribution in [0.25, 0.3) is 0 Å². The summed E-state index contributed by atoms with van der Waals surface area (Å²) in [6, 6.07) is -0.455. The van der Waals surface area contributed by atoms with Crippen molar-refractivity contribution in [2.75, 3.05) is 6.61 Å². The van der Waals surface area contributed by atoms with Gasteiger partial charge in [-0.3, -0.25) is 4.79 Å². The average Bonchev–Trinajstić information content (AvgIpc) is 3.02. The topological polar surface area (TPSA) is 154 Å². The molecule has 37 heavy (non-hydrogen) atoms. The van der Waals surface area contributed by atoms with E-state index in [2.05, 4.69) is 34.1 Å². The van der Waals surface area contributed by atoms with E-state index in [4.69, 9.17) is 5.73 Å². The Labute approximate surface area is 221 Å². The molecule has 0 spiro atoms. The van der Waals surface area contributed by atoms with Crippen molar-refractivity contribution in [1.82, 2.24) is 15.3 Å². The fourth-order valence-electron chi connectivity index (χ4n) is 6.35. The van der Waals surface area contributed by atoms with E-state index < -0.39 is 30.8 Å². The molecule has 1 aliphatic carbocycles. The van der Waals surface area contributed by atoms with Crippen LogP contribution in [0.5, 0.6) is 0 Å². The molecule has 208 valence electrons. The summed E-state index contributed by atoms with van der Waals surface area (Å²) in [6.45, 7) is 3.73. The van der Waals surface area contributed by atoms with Crippen LogP contribution in [-0.2, 0) is 0 Å². The number of nitrogens with zero attached hydrogens (tertiary/aromatic N) is 3. The number of aliphatic imine (C=N–C) groups is 1. The maximum absolute atomic E-state index is 13.4. The number of hydrogen-bond acceptors (Lipinski definition) is 8. The molecule has 9 heteroatoms. The maximum atomic E-state index is 13.4. The highest BCUT2D eigenvalue weighted by Gasteiger charge is 2.46. The first-order valence-electron chi connectivity index (χ1n) is 14.4. The number of nitrogens with two attached hydrogens (primary N) is 1. The van der Waals surface area contributed by atoms with Crippen molar-refractivity contribution in [2.45, 2.75) is 122 Å². The van der Waals surface area contributed by atoms with Crippen LogP contribution in [0.4, 0.5) is 5.82 Å². The quantitative estimate of drug-likeness (QED) is 0.365. The molecule has 3 rings (SSSR count). The second-order valence-corrected chi connectivity index (χ2v) is 10.9. The fraction of sp³-hybridized carbons (Fsp3) is 0.786. The number of amidine groups is 1. The third-order valence-electron chi connectivity index (χ3n) is 8.71. The molecule has 1 saturated carbocycles. The zero-order valence-electron chi connectivity index (χ0n) is 22.7. The van der Waals surface area contributed by atoms with Crippen molar-refractivity contribution < 1.29 is 20.1 Å². The first-order valence-corrected chi connectivity index (χ1v) is 14.4. The van der Waals surface area contributed by atoms with Crippen LogP contribution in [0, 0.1) is 11.3 Å². The van der Waals surface area contributed by atoms with Gasteiger partial charge in [-0.25, -0.2) is 15.0 Å². The van der Waals surface area contributed by atoms with Gasteiger partial charge in [0.15, 0.2) is 11.5 Å². The molecular formula is C28H47N5O4. The van der Waals surface area contributed by atoms with Gasteiger partial charge < -0.3 is 26.4 Å². The summed E-state index contributed by atoms with van der Waals surface area (Å²) in [5.41, 5.74) is 6.31. The van der Waals surface area contributed by atoms with E-state index in [1.807, 2.05) is 0 Å². The van der Waals surface area contributed by atoms with E-state index in [-0.39, 0.29) is 22.6 Å². The molecule has 1 amide bonds. The molecular weight excluding hydrogens is 470 g/mol. The minimum atomic E-state index is -1.47. The largest absolute Gasteiger partial charge is 0.394 e. The van der Waals surface area contributed by atoms with E-state index >= 15 is 0 Å². The molecule has 1 fully saturated rings. The Morgan fingerprint density at radius 2 is 1.54 bits per heavy atom. The number of aliphatic hydroxyl groups excluding tert-OH is 3. The zero-order chi connectivity index (χ0) is 26.8. The number of fused-ring (bicyclic) bond motifs is 1. The summed E-state index contributed by atoms with van der Waals surface area (Å²) in [6.07, 6.45) is 15.0. The minimum Gasteiger partial charge on any atom is -0.394 e. The number of rotatable bonds is 7. The Balaban J connectivity index is 1.90. The molecule has 0 saturated heterocycles. The Bertz CT molecular complexity index is 891. The molecule has 6 N–H and O–H groups in total. The van der Waals surface area contributed by atoms with Gasteiger partial charge in [0.25, 0.3) is 5.91 Å². The maximum Gasteiger partial charge on any atom is 0.274 e. The highest BCUT2D eigenvalue weighted by molar-refractivity contribution is 6.03. The van der Waals surface area contributed by atoms with Crippen LogP contribution in [0.2, 0.25) is 0 Å². The van der Waals surface area contributed by atoms with Gasteiger partial charge in [-0.2, -0.15) is 0 Å². The second-order valence-electron chi connectivity index (χ2n) is 10.9. The first kappa shape index (κ1) is 29.5. The van der Waals surface area contributed by atoms with E-state index in [9.17, 15) is 20.1 Å². The number of carbonyl (C=O) groups is 1. The van der Waals surface area contributed by atoms with Gasteiger partial charge in [0, 0.05) is 5.41 Å². The molecule has 0 bridgehead atoms. The summed E-state index contributed by atoms with van der Waals surface area (Å²) in [5, 5.41) is 32.4. The lowest BCUT2D eigenvalue weighted by Gasteiger charge is -2.46. The van der Waals surface area contributed by atoms with Gasteiger partial charge in [0.1, 0.15) is 18.0 Å². The summed E-state index contributed by atoms with van der Waals surface area (Å²) in [4.78, 5) is 26.5. The van der Waals surface area contributed by atoms with Gasteiger partial charge in [0.05, 0.1) is 24.5 Å². The number of nitrogens with one attached hydrogen (secondary N) is 1. The van der Waals surface area contributed by atoms with Crippen molar-refractivity contribution in [3.05, 3.63) is 17.6 Å². The van der Waals surface area contributed by atoms with Crippen molar-refractivity contribution in [3.63, 3.8) is 0 Å². The molecule has 0 aromatic carbocycles. The number of aliphatic hydroxyl groups is 3. The molecule has 3 unspecified atom stereocenters. The summed E-state index contributed by atoms with van der Waals surface area (Å²) >= 11 is 0. The number of carbonyl (C=O) groups excluding carboxylic acids is 1. The number of aromatic nitrogens is 2. The normalized spacial score (nSPS) is 22.8. The molecule has 2 aliphatic rings. The fourth-order valence-corrected chi connectivity index (χ4v) is 6.35. The lowest BCUT2D eigenvalue weighted by atomic mass is 9.62. The Kier molecular flexibility index (Phi) is 11.3. The minimum absolute atomic E-state index is 0.00449. The van der Waals surface area contributed by atoms with Gasteiger partial charge in [-0.1, -0.05) is 78.1 Å². The zero-order valence-corrected chi connectivity index (χ0v) is 22.7. The second kappa shape index (κ2) is 14.2. The molecule has 1 aromatic rings. The van der Waals surface area contributed by atoms with Crippen LogP contribution in [0.3, 0.4) is 0 Å². The highest BCUT2D eigenvalue weighted by Crippen LogP contribution is 2.45. The van der Waals surface area contributed by atoms with Crippen molar-refractivity contribution in [2.24, 2.45) is 22.1 Å². The molecule has 9 nitrogen and oxygen atoms in total. The van der Waals surface area contributed by atoms with E-state index in [0.29, 0.717) is 11.8 Å². The van der Waals surface area contributed by atoms with E-state index in [1.54, 1.807) is 0 Å². The molecule has 1 aromatic heterocycles. The van der Waals surface area contributed by atoms with Crippen LogP contribution in [0.15, 0.2) is 11.2 Å². The van der Waals surface area contributed by atoms with Crippen molar-refractivity contribution in [3.8, 4) is 0 Å². The predicted octanol–water partition coefficient (Wildman–Crippen LogP) is 4.08. The molecule has 2 heterocycles. The number of amides is 1. The van der Waals surface area contributed by atoms with Gasteiger partial charge in [-0.15, -0.1) is 0 Å². The Hall–Kier alpha value is -2.10. The first-order chi connectivity index (χ1) is 17.9. The summed E-state index contributed by atoms with van der Waals surface area (Å²) < 4.78 is 0. The smallest absolute Gasteiger partial charge is 0.274 e. The third-order valence-corrected chi connectivity index (χ3v) is 8.71. The Morgan fingerprint density at radius 3 is 2.05 bits per heavy atom. The average molecular weight is 518 g/mol. The Morgan fingerprint density at radius 1 is 1.00 bits per heavy atom. The van der Waals surface area contributed by atoms with Crippen molar-refractivity contribution >= 4 is 17.6 Å². The van der Waals surface area contributed by atoms with E-state index in [1.165, 1.54) is 70.4 Å². The van der Waals surface area contributed by atoms with Crippen LogP contribution < -0.4 is 11.1 Å². The summed E-state index contributed by atoms with van der Waals surface area (Å²) in [7, 11) is 0. The lowest BCUT2D eigenvalue weighted by Crippen LogP contribution is -2.57. The predicted molar refractivity (Wildman–Crippen MR) is 145 cm³/mol.